The van der Waals surface area contributed by atoms with Crippen LogP contribution in [0, 0.1) is 0 Å². The first kappa shape index (κ1) is 20.1. The number of hydrogen-bond acceptors (Lipinski definition) is 3. The van der Waals surface area contributed by atoms with Crippen molar-refractivity contribution in [1.29, 1.82) is 0 Å². The summed E-state index contributed by atoms with van der Waals surface area (Å²) in [4.78, 5) is 15.1. The van der Waals surface area contributed by atoms with E-state index in [4.69, 9.17) is 0 Å². The highest BCUT2D eigenvalue weighted by Crippen LogP contribution is 2.30. The molecule has 1 aliphatic heterocycles. The minimum absolute atomic E-state index is 0.0201. The first-order valence-electron chi connectivity index (χ1n) is 11.1. The van der Waals surface area contributed by atoms with Gasteiger partial charge in [-0.3, -0.25) is 4.79 Å². The van der Waals surface area contributed by atoms with Gasteiger partial charge in [0.25, 0.3) is 0 Å². The van der Waals surface area contributed by atoms with E-state index in [1.54, 1.807) is 0 Å². The molecule has 0 radical (unpaired) electrons. The molecule has 0 fully saturated rings. The summed E-state index contributed by atoms with van der Waals surface area (Å²) in [5.74, 6) is 0.0201. The number of amides is 1. The molecule has 2 heterocycles. The monoisotopic (exact) mass is 422 g/mol. The molecule has 0 saturated carbocycles. The Morgan fingerprint density at radius 2 is 1.72 bits per heavy atom. The van der Waals surface area contributed by atoms with Gasteiger partial charge in [0.2, 0.25) is 5.91 Å². The molecule has 0 saturated heterocycles. The molecule has 4 aromatic rings. The maximum Gasteiger partial charge on any atom is 0.224 e. The van der Waals surface area contributed by atoms with Crippen LogP contribution in [0.3, 0.4) is 0 Å². The largest absolute Gasteiger partial charge is 0.367 e. The summed E-state index contributed by atoms with van der Waals surface area (Å²) in [6.45, 7) is 1.80. The van der Waals surface area contributed by atoms with Crippen molar-refractivity contribution in [1.82, 2.24) is 9.78 Å². The number of benzene rings is 3. The molecule has 0 atom stereocenters. The van der Waals surface area contributed by atoms with E-state index in [0.717, 1.165) is 42.0 Å². The molecule has 160 valence electrons. The van der Waals surface area contributed by atoms with Crippen molar-refractivity contribution >= 4 is 17.3 Å². The summed E-state index contributed by atoms with van der Waals surface area (Å²) in [6.07, 6.45) is 5.96. The summed E-state index contributed by atoms with van der Waals surface area (Å²) in [6, 6.07) is 26.6. The van der Waals surface area contributed by atoms with E-state index in [0.29, 0.717) is 12.8 Å². The van der Waals surface area contributed by atoms with Gasteiger partial charge in [-0.25, -0.2) is 4.68 Å². The van der Waals surface area contributed by atoms with Crippen LogP contribution >= 0.6 is 0 Å². The third kappa shape index (κ3) is 4.42. The highest BCUT2D eigenvalue weighted by Gasteiger charge is 2.19. The topological polar surface area (TPSA) is 50.2 Å². The lowest BCUT2D eigenvalue weighted by atomic mass is 10.1. The predicted octanol–water partition coefficient (Wildman–Crippen LogP) is 5.01. The van der Waals surface area contributed by atoms with Crippen molar-refractivity contribution in [3.63, 3.8) is 0 Å². The molecular formula is C27H26N4O. The minimum Gasteiger partial charge on any atom is -0.367 e. The average molecular weight is 423 g/mol. The first-order valence-corrected chi connectivity index (χ1v) is 11.1. The van der Waals surface area contributed by atoms with Gasteiger partial charge in [-0.05, 0) is 53.8 Å². The van der Waals surface area contributed by atoms with Crippen molar-refractivity contribution in [3.8, 4) is 5.69 Å². The first-order chi connectivity index (χ1) is 15.8. The molecule has 5 rings (SSSR count). The number of carbonyl (C=O) groups excluding carboxylic acids is 1. The van der Waals surface area contributed by atoms with Gasteiger partial charge in [0.15, 0.2) is 0 Å². The molecular weight excluding hydrogens is 396 g/mol. The van der Waals surface area contributed by atoms with Gasteiger partial charge in [-0.15, -0.1) is 0 Å². The number of rotatable bonds is 7. The van der Waals surface area contributed by atoms with Gasteiger partial charge < -0.3 is 10.2 Å². The minimum atomic E-state index is 0.0201. The van der Waals surface area contributed by atoms with Crippen molar-refractivity contribution in [2.75, 3.05) is 16.8 Å². The fourth-order valence-electron chi connectivity index (χ4n) is 4.24. The Kier molecular flexibility index (Phi) is 5.71. The second kappa shape index (κ2) is 9.10. The summed E-state index contributed by atoms with van der Waals surface area (Å²) in [7, 11) is 0. The smallest absolute Gasteiger partial charge is 0.224 e. The fraction of sp³-hybridized carbons (Fsp3) is 0.185. The van der Waals surface area contributed by atoms with Crippen LogP contribution < -0.4 is 10.2 Å². The number of carbonyl (C=O) groups is 1. The zero-order valence-electron chi connectivity index (χ0n) is 17.9. The average Bonchev–Trinajstić information content (AvgIpc) is 3.47. The predicted molar refractivity (Wildman–Crippen MR) is 128 cm³/mol. The molecule has 0 spiro atoms. The highest BCUT2D eigenvalue weighted by molar-refractivity contribution is 5.91. The van der Waals surface area contributed by atoms with Crippen LogP contribution in [0.4, 0.5) is 11.4 Å². The van der Waals surface area contributed by atoms with E-state index in [-0.39, 0.29) is 5.91 Å². The van der Waals surface area contributed by atoms with Gasteiger partial charge in [0, 0.05) is 37.1 Å². The zero-order chi connectivity index (χ0) is 21.8. The molecule has 0 bridgehead atoms. The molecule has 0 unspecified atom stereocenters. The number of hydrogen-bond donors (Lipinski definition) is 1. The van der Waals surface area contributed by atoms with E-state index >= 15 is 0 Å². The van der Waals surface area contributed by atoms with Crippen LogP contribution in [0.15, 0.2) is 91.3 Å². The Morgan fingerprint density at radius 3 is 2.62 bits per heavy atom. The summed E-state index contributed by atoms with van der Waals surface area (Å²) >= 11 is 0. The zero-order valence-corrected chi connectivity index (χ0v) is 17.9. The standard InChI is InChI=1S/C27H26N4O/c32-27(15-14-21-18-28-31(19-21)24-10-2-1-3-11-24)29-25-12-6-4-9-23(25)20-30-17-16-22-8-5-7-13-26(22)30/h1-13,18-19H,14-17,20H2,(H,29,32). The molecule has 1 N–H and O–H groups in total. The van der Waals surface area contributed by atoms with E-state index in [9.17, 15) is 4.79 Å². The highest BCUT2D eigenvalue weighted by atomic mass is 16.1. The van der Waals surface area contributed by atoms with Crippen LogP contribution in [0.5, 0.6) is 0 Å². The molecule has 1 aliphatic rings. The molecule has 5 nitrogen and oxygen atoms in total. The maximum absolute atomic E-state index is 12.7. The van der Waals surface area contributed by atoms with E-state index in [2.05, 4.69) is 45.6 Å². The third-order valence-electron chi connectivity index (χ3n) is 5.93. The number of fused-ring (bicyclic) bond motifs is 1. The molecule has 0 aliphatic carbocycles. The number of aromatic nitrogens is 2. The Balaban J connectivity index is 1.21. The van der Waals surface area contributed by atoms with Crippen molar-refractivity contribution in [2.45, 2.75) is 25.8 Å². The number of nitrogens with zero attached hydrogens (tertiary/aromatic N) is 3. The second-order valence-corrected chi connectivity index (χ2v) is 8.13. The van der Waals surface area contributed by atoms with Gasteiger partial charge in [0.1, 0.15) is 0 Å². The van der Waals surface area contributed by atoms with Gasteiger partial charge in [0.05, 0.1) is 11.9 Å². The second-order valence-electron chi connectivity index (χ2n) is 8.13. The van der Waals surface area contributed by atoms with E-state index in [1.165, 1.54) is 11.3 Å². The van der Waals surface area contributed by atoms with Crippen molar-refractivity contribution in [3.05, 3.63) is 108 Å². The Hall–Kier alpha value is -3.86. The van der Waals surface area contributed by atoms with Crippen LogP contribution in [-0.2, 0) is 24.2 Å². The summed E-state index contributed by atoms with van der Waals surface area (Å²) < 4.78 is 1.84. The summed E-state index contributed by atoms with van der Waals surface area (Å²) in [5.41, 5.74) is 6.78. The van der Waals surface area contributed by atoms with Crippen LogP contribution in [0.25, 0.3) is 5.69 Å². The van der Waals surface area contributed by atoms with Crippen LogP contribution in [0.1, 0.15) is 23.1 Å². The molecule has 1 aromatic heterocycles. The SMILES string of the molecule is O=C(CCc1cnn(-c2ccccc2)c1)Nc1ccccc1CN1CCc2ccccc21. The van der Waals surface area contributed by atoms with E-state index in [1.807, 2.05) is 65.6 Å². The summed E-state index contributed by atoms with van der Waals surface area (Å²) in [5, 5.41) is 7.54. The molecule has 5 heteroatoms. The molecule has 3 aromatic carbocycles. The Bertz CT molecular complexity index is 1220. The van der Waals surface area contributed by atoms with Crippen LogP contribution in [-0.4, -0.2) is 22.2 Å². The fourth-order valence-corrected chi connectivity index (χ4v) is 4.24. The number of aryl methyl sites for hydroxylation is 1. The quantitative estimate of drug-likeness (QED) is 0.456. The van der Waals surface area contributed by atoms with Crippen molar-refractivity contribution < 1.29 is 4.79 Å². The van der Waals surface area contributed by atoms with Crippen molar-refractivity contribution in [2.24, 2.45) is 0 Å². The number of anilines is 2. The van der Waals surface area contributed by atoms with Crippen LogP contribution in [0.2, 0.25) is 0 Å². The van der Waals surface area contributed by atoms with Gasteiger partial charge in [-0.2, -0.15) is 5.10 Å². The lowest BCUT2D eigenvalue weighted by Crippen LogP contribution is -2.21. The van der Waals surface area contributed by atoms with Gasteiger partial charge >= 0.3 is 0 Å². The Labute approximate surface area is 188 Å². The molecule has 32 heavy (non-hydrogen) atoms. The Morgan fingerprint density at radius 1 is 0.938 bits per heavy atom. The molecule has 1 amide bonds. The normalized spacial score (nSPS) is 12.6. The lowest BCUT2D eigenvalue weighted by molar-refractivity contribution is -0.116. The number of nitrogens with one attached hydrogen (secondary N) is 1. The lowest BCUT2D eigenvalue weighted by Gasteiger charge is -2.21. The third-order valence-corrected chi connectivity index (χ3v) is 5.93. The maximum atomic E-state index is 12.7. The van der Waals surface area contributed by atoms with Gasteiger partial charge in [-0.1, -0.05) is 54.6 Å². The van der Waals surface area contributed by atoms with E-state index < -0.39 is 0 Å². The number of para-hydroxylation sites is 3.